The molecule has 0 amide bonds. The summed E-state index contributed by atoms with van der Waals surface area (Å²) >= 11 is 5.92. The normalized spacial score (nSPS) is 10.8. The first-order valence-electron chi connectivity index (χ1n) is 6.63. The number of para-hydroxylation sites is 1. The van der Waals surface area contributed by atoms with Gasteiger partial charge in [0.2, 0.25) is 5.88 Å². The van der Waals surface area contributed by atoms with Gasteiger partial charge in [0.05, 0.1) is 16.7 Å². The van der Waals surface area contributed by atoms with Crippen LogP contribution in [-0.2, 0) is 6.42 Å². The maximum Gasteiger partial charge on any atom is 0.223 e. The van der Waals surface area contributed by atoms with E-state index in [1.165, 1.54) is 0 Å². The fraction of sp³-hybridized carbons (Fsp3) is 0.125. The minimum absolute atomic E-state index is 0.522. The van der Waals surface area contributed by atoms with Gasteiger partial charge in [0.1, 0.15) is 5.75 Å². The Labute approximate surface area is 127 Å². The van der Waals surface area contributed by atoms with Crippen LogP contribution in [0.5, 0.6) is 11.6 Å². The summed E-state index contributed by atoms with van der Waals surface area (Å²) in [5, 5.41) is 1.59. The van der Waals surface area contributed by atoms with Crippen LogP contribution < -0.4 is 10.5 Å². The minimum atomic E-state index is 0.522. The summed E-state index contributed by atoms with van der Waals surface area (Å²) < 4.78 is 5.84. The van der Waals surface area contributed by atoms with E-state index >= 15 is 0 Å². The summed E-state index contributed by atoms with van der Waals surface area (Å²) in [5.41, 5.74) is 7.52. The summed E-state index contributed by atoms with van der Waals surface area (Å²) in [6.07, 6.45) is 3.86. The Hall–Kier alpha value is -2.17. The Morgan fingerprint density at radius 3 is 2.81 bits per heavy atom. The van der Waals surface area contributed by atoms with Gasteiger partial charge in [-0.15, -0.1) is 0 Å². The Balaban J connectivity index is 2.04. The molecule has 3 aromatic rings. The van der Waals surface area contributed by atoms with Crippen LogP contribution in [0.2, 0.25) is 5.02 Å². The van der Waals surface area contributed by atoms with Gasteiger partial charge >= 0.3 is 0 Å². The Morgan fingerprint density at radius 1 is 1.14 bits per heavy atom. The van der Waals surface area contributed by atoms with E-state index in [1.54, 1.807) is 18.5 Å². The van der Waals surface area contributed by atoms with Gasteiger partial charge in [0.25, 0.3) is 0 Å². The molecule has 0 fully saturated rings. The molecule has 0 bridgehead atoms. The van der Waals surface area contributed by atoms with Crippen molar-refractivity contribution in [3.63, 3.8) is 0 Å². The van der Waals surface area contributed by atoms with E-state index in [4.69, 9.17) is 22.1 Å². The Kier molecular flexibility index (Phi) is 3.99. The number of nitrogens with zero attached hydrogens (tertiary/aromatic N) is 2. The zero-order valence-corrected chi connectivity index (χ0v) is 12.0. The third-order valence-corrected chi connectivity index (χ3v) is 3.28. The van der Waals surface area contributed by atoms with Gasteiger partial charge in [-0.25, -0.2) is 4.98 Å². The van der Waals surface area contributed by atoms with Crippen LogP contribution in [0.4, 0.5) is 0 Å². The van der Waals surface area contributed by atoms with Crippen molar-refractivity contribution in [2.75, 3.05) is 6.54 Å². The van der Waals surface area contributed by atoms with Crippen LogP contribution in [0.15, 0.2) is 48.8 Å². The lowest BCUT2D eigenvalue weighted by Crippen LogP contribution is -2.05. The molecule has 106 valence electrons. The van der Waals surface area contributed by atoms with Crippen molar-refractivity contribution in [2.45, 2.75) is 6.42 Å². The smallest absolute Gasteiger partial charge is 0.223 e. The molecule has 0 aliphatic carbocycles. The molecule has 4 nitrogen and oxygen atoms in total. The molecule has 21 heavy (non-hydrogen) atoms. The van der Waals surface area contributed by atoms with Crippen LogP contribution in [0, 0.1) is 0 Å². The first-order chi connectivity index (χ1) is 10.3. The molecule has 2 N–H and O–H groups in total. The Morgan fingerprint density at radius 2 is 2.00 bits per heavy atom. The average Bonchev–Trinajstić information content (AvgIpc) is 2.48. The van der Waals surface area contributed by atoms with Crippen LogP contribution in [-0.4, -0.2) is 16.5 Å². The number of fused-ring (bicyclic) bond motifs is 1. The Bertz CT molecular complexity index is 776. The first kappa shape index (κ1) is 13.8. The molecule has 0 unspecified atom stereocenters. The van der Waals surface area contributed by atoms with Crippen LogP contribution in [0.3, 0.4) is 0 Å². The highest BCUT2D eigenvalue weighted by Gasteiger charge is 2.09. The number of pyridine rings is 2. The average molecular weight is 300 g/mol. The lowest BCUT2D eigenvalue weighted by Gasteiger charge is -2.11. The van der Waals surface area contributed by atoms with Crippen molar-refractivity contribution in [1.29, 1.82) is 0 Å². The molecule has 0 spiro atoms. The van der Waals surface area contributed by atoms with Crippen molar-refractivity contribution in [2.24, 2.45) is 5.73 Å². The maximum absolute atomic E-state index is 5.92. The minimum Gasteiger partial charge on any atom is -0.437 e. The molecular weight excluding hydrogens is 286 g/mol. The van der Waals surface area contributed by atoms with Crippen LogP contribution in [0.25, 0.3) is 10.9 Å². The molecular formula is C16H14ClN3O. The molecule has 2 heterocycles. The van der Waals surface area contributed by atoms with Gasteiger partial charge in [-0.05, 0) is 25.1 Å². The van der Waals surface area contributed by atoms with Gasteiger partial charge in [-0.1, -0.05) is 29.8 Å². The SMILES string of the molecule is NCCc1cc2ccccc2nc1Oc1cncc(Cl)c1. The molecule has 5 heteroatoms. The zero-order valence-electron chi connectivity index (χ0n) is 11.3. The number of ether oxygens (including phenoxy) is 1. The number of hydrogen-bond acceptors (Lipinski definition) is 4. The zero-order chi connectivity index (χ0) is 14.7. The lowest BCUT2D eigenvalue weighted by atomic mass is 10.1. The summed E-state index contributed by atoms with van der Waals surface area (Å²) in [4.78, 5) is 8.58. The number of benzene rings is 1. The second-order valence-electron chi connectivity index (χ2n) is 4.62. The third-order valence-electron chi connectivity index (χ3n) is 3.07. The molecule has 1 aromatic carbocycles. The number of nitrogens with two attached hydrogens (primary N) is 1. The van der Waals surface area contributed by atoms with Crippen molar-refractivity contribution >= 4 is 22.5 Å². The topological polar surface area (TPSA) is 61.0 Å². The standard InChI is InChI=1S/C16H14ClN3O/c17-13-8-14(10-19-9-13)21-16-12(5-6-18)7-11-3-1-2-4-15(11)20-16/h1-4,7-10H,5-6,18H2. The lowest BCUT2D eigenvalue weighted by molar-refractivity contribution is 0.456. The highest BCUT2D eigenvalue weighted by atomic mass is 35.5. The van der Waals surface area contributed by atoms with Crippen molar-refractivity contribution in [3.05, 3.63) is 59.4 Å². The molecule has 0 radical (unpaired) electrons. The van der Waals surface area contributed by atoms with Gasteiger partial charge in [0, 0.05) is 23.2 Å². The highest BCUT2D eigenvalue weighted by molar-refractivity contribution is 6.30. The quantitative estimate of drug-likeness (QED) is 0.800. The van der Waals surface area contributed by atoms with Gasteiger partial charge in [0.15, 0.2) is 0 Å². The molecule has 0 aliphatic heterocycles. The van der Waals surface area contributed by atoms with E-state index in [1.807, 2.05) is 24.3 Å². The molecule has 3 rings (SSSR count). The summed E-state index contributed by atoms with van der Waals surface area (Å²) in [7, 11) is 0. The molecule has 0 saturated carbocycles. The molecule has 2 aromatic heterocycles. The van der Waals surface area contributed by atoms with Crippen molar-refractivity contribution in [3.8, 4) is 11.6 Å². The largest absolute Gasteiger partial charge is 0.437 e. The first-order valence-corrected chi connectivity index (χ1v) is 7.01. The summed E-state index contributed by atoms with van der Waals surface area (Å²) in [5.74, 6) is 1.10. The number of hydrogen-bond donors (Lipinski definition) is 1. The van der Waals surface area contributed by atoms with E-state index in [0.717, 1.165) is 16.5 Å². The van der Waals surface area contributed by atoms with Gasteiger partial charge < -0.3 is 10.5 Å². The van der Waals surface area contributed by atoms with E-state index in [2.05, 4.69) is 16.0 Å². The highest BCUT2D eigenvalue weighted by Crippen LogP contribution is 2.28. The van der Waals surface area contributed by atoms with Gasteiger partial charge in [-0.3, -0.25) is 4.98 Å². The fourth-order valence-electron chi connectivity index (χ4n) is 2.12. The second-order valence-corrected chi connectivity index (χ2v) is 5.06. The molecule has 0 saturated heterocycles. The number of aromatic nitrogens is 2. The van der Waals surface area contributed by atoms with Gasteiger partial charge in [-0.2, -0.15) is 0 Å². The van der Waals surface area contributed by atoms with E-state index in [9.17, 15) is 0 Å². The number of rotatable bonds is 4. The van der Waals surface area contributed by atoms with E-state index in [0.29, 0.717) is 29.6 Å². The maximum atomic E-state index is 5.92. The van der Waals surface area contributed by atoms with Crippen LogP contribution >= 0.6 is 11.6 Å². The second kappa shape index (κ2) is 6.08. The van der Waals surface area contributed by atoms with Crippen LogP contribution in [0.1, 0.15) is 5.56 Å². The van der Waals surface area contributed by atoms with Crippen molar-refractivity contribution in [1.82, 2.24) is 9.97 Å². The summed E-state index contributed by atoms with van der Waals surface area (Å²) in [6.45, 7) is 0.532. The third kappa shape index (κ3) is 3.12. The predicted molar refractivity (Wildman–Crippen MR) is 83.8 cm³/mol. The fourth-order valence-corrected chi connectivity index (χ4v) is 2.29. The monoisotopic (exact) mass is 299 g/mol. The predicted octanol–water partition coefficient (Wildman–Crippen LogP) is 3.58. The number of halogens is 1. The molecule has 0 atom stereocenters. The van der Waals surface area contributed by atoms with E-state index < -0.39 is 0 Å². The van der Waals surface area contributed by atoms with Crippen molar-refractivity contribution < 1.29 is 4.74 Å². The summed E-state index contributed by atoms with van der Waals surface area (Å²) in [6, 6.07) is 11.7. The van der Waals surface area contributed by atoms with E-state index in [-0.39, 0.29) is 0 Å². The molecule has 0 aliphatic rings.